The van der Waals surface area contributed by atoms with Gasteiger partial charge in [-0.3, -0.25) is 5.10 Å². The third-order valence-corrected chi connectivity index (χ3v) is 3.57. The summed E-state index contributed by atoms with van der Waals surface area (Å²) in [4.78, 5) is 3.42. The van der Waals surface area contributed by atoms with Gasteiger partial charge in [0.15, 0.2) is 5.82 Å². The van der Waals surface area contributed by atoms with E-state index in [1.54, 1.807) is 6.08 Å². The van der Waals surface area contributed by atoms with Gasteiger partial charge in [-0.15, -0.1) is 13.2 Å². The Hall–Kier alpha value is -2.78. The van der Waals surface area contributed by atoms with Crippen LogP contribution >= 0.6 is 0 Å². The van der Waals surface area contributed by atoms with Gasteiger partial charge in [0, 0.05) is 5.56 Å². The third-order valence-electron chi connectivity index (χ3n) is 3.57. The summed E-state index contributed by atoms with van der Waals surface area (Å²) in [6.45, 7) is 0. The number of para-hydroxylation sites is 1. The predicted molar refractivity (Wildman–Crippen MR) is 79.7 cm³/mol. The second-order valence-corrected chi connectivity index (χ2v) is 5.42. The summed E-state index contributed by atoms with van der Waals surface area (Å²) in [5.41, 5.74) is 0.953. The SMILES string of the molecule is FC(F)(F)Oc1ccccc1C1=CCCC(c2n[nH]c(C(F)(F)F)n2)=C1. The van der Waals surface area contributed by atoms with Crippen molar-refractivity contribution in [2.45, 2.75) is 25.4 Å². The van der Waals surface area contributed by atoms with Gasteiger partial charge in [0.05, 0.1) is 0 Å². The minimum Gasteiger partial charge on any atom is -0.405 e. The number of hydrogen-bond donors (Lipinski definition) is 1. The molecule has 0 saturated carbocycles. The van der Waals surface area contributed by atoms with Crippen LogP contribution < -0.4 is 4.74 Å². The highest BCUT2D eigenvalue weighted by molar-refractivity contribution is 5.86. The lowest BCUT2D eigenvalue weighted by Crippen LogP contribution is -2.18. The zero-order valence-corrected chi connectivity index (χ0v) is 12.9. The number of rotatable bonds is 3. The summed E-state index contributed by atoms with van der Waals surface area (Å²) in [5, 5.41) is 5.37. The standard InChI is InChI=1S/C16H11F6N3O/c17-15(18,19)14-23-13(24-25-14)10-5-3-4-9(8-10)11-6-1-2-7-12(11)26-16(20,21)22/h1-2,4,6-8H,3,5H2,(H,23,24,25). The smallest absolute Gasteiger partial charge is 0.405 e. The summed E-state index contributed by atoms with van der Waals surface area (Å²) < 4.78 is 79.6. The van der Waals surface area contributed by atoms with Crippen LogP contribution in [-0.4, -0.2) is 21.5 Å². The first-order chi connectivity index (χ1) is 12.1. The molecule has 26 heavy (non-hydrogen) atoms. The van der Waals surface area contributed by atoms with Crippen molar-refractivity contribution in [3.63, 3.8) is 0 Å². The van der Waals surface area contributed by atoms with E-state index in [4.69, 9.17) is 0 Å². The number of alkyl halides is 6. The predicted octanol–water partition coefficient (Wildman–Crippen LogP) is 4.98. The first-order valence-electron chi connectivity index (χ1n) is 7.39. The second-order valence-electron chi connectivity index (χ2n) is 5.42. The molecule has 1 aliphatic carbocycles. The van der Waals surface area contributed by atoms with Crippen molar-refractivity contribution in [3.05, 3.63) is 53.6 Å². The molecule has 4 nitrogen and oxygen atoms in total. The Labute approximate surface area is 143 Å². The fraction of sp³-hybridized carbons (Fsp3) is 0.250. The molecule has 138 valence electrons. The van der Waals surface area contributed by atoms with Gasteiger partial charge in [-0.05, 0) is 36.1 Å². The van der Waals surface area contributed by atoms with Crippen molar-refractivity contribution in [2.75, 3.05) is 0 Å². The highest BCUT2D eigenvalue weighted by Crippen LogP contribution is 2.36. The maximum absolute atomic E-state index is 12.6. The molecule has 0 atom stereocenters. The molecule has 10 heteroatoms. The first kappa shape index (κ1) is 18.0. The molecule has 0 aliphatic heterocycles. The normalized spacial score (nSPS) is 15.5. The lowest BCUT2D eigenvalue weighted by molar-refractivity contribution is -0.274. The fourth-order valence-corrected chi connectivity index (χ4v) is 2.52. The van der Waals surface area contributed by atoms with Crippen LogP contribution in [0.25, 0.3) is 11.1 Å². The van der Waals surface area contributed by atoms with E-state index in [1.165, 1.54) is 30.3 Å². The second kappa shape index (κ2) is 6.50. The van der Waals surface area contributed by atoms with Crippen LogP contribution in [0.3, 0.4) is 0 Å². The quantitative estimate of drug-likeness (QED) is 0.770. The lowest BCUT2D eigenvalue weighted by Gasteiger charge is -2.16. The van der Waals surface area contributed by atoms with Crippen molar-refractivity contribution in [2.24, 2.45) is 0 Å². The zero-order chi connectivity index (χ0) is 18.9. The largest absolute Gasteiger partial charge is 0.573 e. The van der Waals surface area contributed by atoms with E-state index >= 15 is 0 Å². The Morgan fingerprint density at radius 2 is 1.77 bits per heavy atom. The molecule has 1 aromatic carbocycles. The topological polar surface area (TPSA) is 50.8 Å². The van der Waals surface area contributed by atoms with E-state index in [0.29, 0.717) is 24.0 Å². The lowest BCUT2D eigenvalue weighted by atomic mass is 9.93. The fourth-order valence-electron chi connectivity index (χ4n) is 2.52. The molecule has 1 N–H and O–H groups in total. The molecule has 3 rings (SSSR count). The zero-order valence-electron chi connectivity index (χ0n) is 12.9. The molecule has 0 unspecified atom stereocenters. The van der Waals surface area contributed by atoms with Crippen molar-refractivity contribution >= 4 is 11.1 Å². The summed E-state index contributed by atoms with van der Waals surface area (Å²) >= 11 is 0. The van der Waals surface area contributed by atoms with Crippen LogP contribution in [0, 0.1) is 0 Å². The van der Waals surface area contributed by atoms with Gasteiger partial charge in [-0.25, -0.2) is 4.98 Å². The van der Waals surface area contributed by atoms with Crippen LogP contribution in [-0.2, 0) is 6.18 Å². The average molecular weight is 375 g/mol. The third kappa shape index (κ3) is 4.06. The van der Waals surface area contributed by atoms with Crippen molar-refractivity contribution in [1.29, 1.82) is 0 Å². The van der Waals surface area contributed by atoms with Crippen LogP contribution in [0.4, 0.5) is 26.3 Å². The number of aromatic nitrogens is 3. The first-order valence-corrected chi connectivity index (χ1v) is 7.39. The monoisotopic (exact) mass is 375 g/mol. The Kier molecular flexibility index (Phi) is 4.51. The minimum absolute atomic E-state index is 0.142. The molecule has 1 heterocycles. The molecule has 0 bridgehead atoms. The van der Waals surface area contributed by atoms with Gasteiger partial charge in [0.2, 0.25) is 5.82 Å². The number of hydrogen-bond acceptors (Lipinski definition) is 3. The van der Waals surface area contributed by atoms with E-state index in [2.05, 4.69) is 14.8 Å². The summed E-state index contributed by atoms with van der Waals surface area (Å²) in [6, 6.07) is 5.53. The maximum atomic E-state index is 12.6. The maximum Gasteiger partial charge on any atom is 0.573 e. The number of ether oxygens (including phenoxy) is 1. The minimum atomic E-state index is -4.86. The Balaban J connectivity index is 1.93. The highest BCUT2D eigenvalue weighted by atomic mass is 19.4. The number of H-pyrrole nitrogens is 1. The van der Waals surface area contributed by atoms with E-state index in [9.17, 15) is 26.3 Å². The van der Waals surface area contributed by atoms with Crippen LogP contribution in [0.2, 0.25) is 0 Å². The van der Waals surface area contributed by atoms with Crippen LogP contribution in [0.5, 0.6) is 5.75 Å². The van der Waals surface area contributed by atoms with Crippen molar-refractivity contribution in [1.82, 2.24) is 15.2 Å². The van der Waals surface area contributed by atoms with E-state index in [-0.39, 0.29) is 11.4 Å². The highest BCUT2D eigenvalue weighted by Gasteiger charge is 2.36. The van der Waals surface area contributed by atoms with E-state index in [0.717, 1.165) is 0 Å². The molecule has 1 aliphatic rings. The molecular weight excluding hydrogens is 364 g/mol. The number of benzene rings is 1. The molecule has 0 amide bonds. The van der Waals surface area contributed by atoms with E-state index < -0.39 is 24.1 Å². The number of nitrogens with one attached hydrogen (secondary N) is 1. The molecular formula is C16H11F6N3O. The molecule has 0 fully saturated rings. The van der Waals surface area contributed by atoms with Crippen LogP contribution in [0.15, 0.2) is 36.4 Å². The molecule has 0 spiro atoms. The average Bonchev–Trinajstić information content (AvgIpc) is 3.04. The molecule has 0 radical (unpaired) electrons. The van der Waals surface area contributed by atoms with Crippen LogP contribution in [0.1, 0.15) is 30.1 Å². The van der Waals surface area contributed by atoms with Gasteiger partial charge in [-0.1, -0.05) is 24.3 Å². The van der Waals surface area contributed by atoms with E-state index in [1.807, 2.05) is 5.10 Å². The van der Waals surface area contributed by atoms with Crippen molar-refractivity contribution in [3.8, 4) is 5.75 Å². The Morgan fingerprint density at radius 1 is 1.04 bits per heavy atom. The summed E-state index contributed by atoms with van der Waals surface area (Å²) in [7, 11) is 0. The summed E-state index contributed by atoms with van der Waals surface area (Å²) in [6.07, 6.45) is -5.60. The van der Waals surface area contributed by atoms with Gasteiger partial charge in [0.1, 0.15) is 5.75 Å². The Bertz CT molecular complexity index is 863. The number of allylic oxidation sites excluding steroid dienone is 4. The number of halogens is 6. The summed E-state index contributed by atoms with van der Waals surface area (Å²) in [5.74, 6) is -1.77. The van der Waals surface area contributed by atoms with Crippen molar-refractivity contribution < 1.29 is 31.1 Å². The van der Waals surface area contributed by atoms with Gasteiger partial charge in [-0.2, -0.15) is 18.3 Å². The van der Waals surface area contributed by atoms with Gasteiger partial charge >= 0.3 is 12.5 Å². The molecule has 1 aromatic heterocycles. The molecule has 0 saturated heterocycles. The molecule has 2 aromatic rings. The van der Waals surface area contributed by atoms with Gasteiger partial charge in [0.25, 0.3) is 0 Å². The Morgan fingerprint density at radius 3 is 2.42 bits per heavy atom. The number of aromatic amines is 1. The number of nitrogens with zero attached hydrogens (tertiary/aromatic N) is 2. The van der Waals surface area contributed by atoms with Gasteiger partial charge < -0.3 is 4.74 Å².